The predicted octanol–water partition coefficient (Wildman–Crippen LogP) is 1.36. The first-order valence-electron chi connectivity index (χ1n) is 11.1. The first-order chi connectivity index (χ1) is 15.9. The highest BCUT2D eigenvalue weighted by atomic mass is 19.1. The molecule has 7 atom stereocenters. The molecule has 0 radical (unpaired) electrons. The molecule has 0 amide bonds. The van der Waals surface area contributed by atoms with Crippen LogP contribution in [0.4, 0.5) is 10.2 Å². The Morgan fingerprint density at radius 2 is 2.00 bits per heavy atom. The van der Waals surface area contributed by atoms with Crippen molar-refractivity contribution in [2.45, 2.75) is 50.0 Å². The van der Waals surface area contributed by atoms with Crippen LogP contribution in [0.3, 0.4) is 0 Å². The van der Waals surface area contributed by atoms with E-state index in [2.05, 4.69) is 15.4 Å². The molecule has 9 nitrogen and oxygen atoms in total. The molecule has 10 heteroatoms. The fourth-order valence-corrected chi connectivity index (χ4v) is 4.54. The molecule has 2 aliphatic carbocycles. The number of rotatable bonds is 7. The summed E-state index contributed by atoms with van der Waals surface area (Å²) in [5.41, 5.74) is 1.87. The predicted molar refractivity (Wildman–Crippen MR) is 117 cm³/mol. The van der Waals surface area contributed by atoms with Gasteiger partial charge in [-0.15, -0.1) is 0 Å². The summed E-state index contributed by atoms with van der Waals surface area (Å²) < 4.78 is 21.4. The van der Waals surface area contributed by atoms with Gasteiger partial charge in [-0.05, 0) is 37.5 Å². The van der Waals surface area contributed by atoms with Crippen LogP contribution in [0, 0.1) is 11.8 Å². The summed E-state index contributed by atoms with van der Waals surface area (Å²) in [6, 6.07) is 9.97. The number of aliphatic hydroxyl groups excluding tert-OH is 4. The van der Waals surface area contributed by atoms with Gasteiger partial charge in [0.2, 0.25) is 6.36 Å². The molecule has 0 bridgehead atoms. The molecule has 3 unspecified atom stereocenters. The van der Waals surface area contributed by atoms with Gasteiger partial charge in [-0.2, -0.15) is 9.61 Å². The third kappa shape index (κ3) is 4.15. The van der Waals surface area contributed by atoms with Crippen molar-refractivity contribution in [3.8, 4) is 17.0 Å². The normalized spacial score (nSPS) is 30.2. The average molecular weight is 458 g/mol. The second kappa shape index (κ2) is 8.86. The van der Waals surface area contributed by atoms with Crippen molar-refractivity contribution < 1.29 is 29.6 Å². The molecule has 5 N–H and O–H groups in total. The van der Waals surface area contributed by atoms with E-state index in [1.807, 2.05) is 6.07 Å². The van der Waals surface area contributed by atoms with Gasteiger partial charge in [0.15, 0.2) is 5.65 Å². The Bertz CT molecular complexity index is 1130. The maximum atomic E-state index is 14.4. The van der Waals surface area contributed by atoms with Gasteiger partial charge in [0, 0.05) is 30.4 Å². The highest BCUT2D eigenvalue weighted by Gasteiger charge is 2.41. The minimum absolute atomic E-state index is 0.202. The van der Waals surface area contributed by atoms with Crippen molar-refractivity contribution in [2.75, 3.05) is 11.9 Å². The van der Waals surface area contributed by atoms with Gasteiger partial charge in [-0.1, -0.05) is 12.1 Å². The largest absolute Gasteiger partial charge is 0.460 e. The van der Waals surface area contributed by atoms with E-state index in [9.17, 15) is 24.8 Å². The molecule has 0 saturated heterocycles. The van der Waals surface area contributed by atoms with Crippen molar-refractivity contribution in [3.05, 3.63) is 42.6 Å². The topological polar surface area (TPSA) is 132 Å². The van der Waals surface area contributed by atoms with Gasteiger partial charge >= 0.3 is 0 Å². The van der Waals surface area contributed by atoms with Crippen LogP contribution in [-0.2, 0) is 0 Å². The molecular weight excluding hydrogens is 431 g/mol. The number of halogens is 1. The van der Waals surface area contributed by atoms with E-state index < -0.39 is 42.5 Å². The minimum atomic E-state index is -1.57. The number of hydrogen-bond donors (Lipinski definition) is 5. The Kier molecular flexibility index (Phi) is 5.92. The van der Waals surface area contributed by atoms with Crippen LogP contribution in [0.25, 0.3) is 16.9 Å². The second-order valence-electron chi connectivity index (χ2n) is 8.85. The molecule has 176 valence electrons. The lowest BCUT2D eigenvalue weighted by atomic mass is 9.82. The second-order valence-corrected chi connectivity index (χ2v) is 8.85. The fraction of sp³-hybridized carbons (Fsp3) is 0.478. The summed E-state index contributed by atoms with van der Waals surface area (Å²) in [6.45, 7) is -0.202. The van der Waals surface area contributed by atoms with Gasteiger partial charge < -0.3 is 30.5 Å². The fourth-order valence-electron chi connectivity index (χ4n) is 4.54. The number of alkyl halides is 1. The summed E-state index contributed by atoms with van der Waals surface area (Å²) in [6.07, 6.45) is -1.03. The van der Waals surface area contributed by atoms with Crippen LogP contribution in [0.5, 0.6) is 5.75 Å². The van der Waals surface area contributed by atoms with E-state index >= 15 is 0 Å². The van der Waals surface area contributed by atoms with E-state index in [-0.39, 0.29) is 6.61 Å². The smallest absolute Gasteiger partial charge is 0.243 e. The average Bonchev–Trinajstić information content (AvgIpc) is 3.35. The maximum absolute atomic E-state index is 14.4. The van der Waals surface area contributed by atoms with Gasteiger partial charge in [-0.25, -0.2) is 9.37 Å². The highest BCUT2D eigenvalue weighted by Crippen LogP contribution is 2.34. The van der Waals surface area contributed by atoms with Crippen molar-refractivity contribution in [1.82, 2.24) is 14.6 Å². The lowest BCUT2D eigenvalue weighted by Gasteiger charge is -2.34. The number of nitrogens with one attached hydrogen (secondary N) is 1. The number of nitrogens with zero attached hydrogens (tertiary/aromatic N) is 3. The van der Waals surface area contributed by atoms with Crippen LogP contribution in [0.2, 0.25) is 0 Å². The van der Waals surface area contributed by atoms with Crippen LogP contribution in [0.1, 0.15) is 19.3 Å². The molecule has 3 aromatic rings. The molecule has 2 aromatic heterocycles. The number of fused-ring (bicyclic) bond motifs is 1. The molecule has 2 aliphatic rings. The van der Waals surface area contributed by atoms with Crippen LogP contribution in [-0.4, -0.2) is 72.3 Å². The standard InChI is InChI=1S/C23H27FN4O5/c24-23(15-4-5-18(15)30)33-14-3-1-2-12(8-14)16-10-20-25-7-6-19(28(20)27-16)26-17-9-13(11-29)21(31)22(17)32/h1-3,6-8,10,13,15,17-18,21-23,26,29-32H,4-5,9,11H2/t13-,15?,17-,18?,21-,22+,23?/m1/s1. The van der Waals surface area contributed by atoms with Crippen molar-refractivity contribution in [3.63, 3.8) is 0 Å². The molecular formula is C23H27FN4O5. The number of hydrogen-bond acceptors (Lipinski definition) is 8. The lowest BCUT2D eigenvalue weighted by Crippen LogP contribution is -2.40. The number of aromatic nitrogens is 3. The molecule has 1 aromatic carbocycles. The summed E-state index contributed by atoms with van der Waals surface area (Å²) in [5, 5.41) is 47.3. The first kappa shape index (κ1) is 22.0. The Morgan fingerprint density at radius 3 is 2.70 bits per heavy atom. The minimum Gasteiger partial charge on any atom is -0.460 e. The Morgan fingerprint density at radius 1 is 1.15 bits per heavy atom. The lowest BCUT2D eigenvalue weighted by molar-refractivity contribution is -0.0946. The van der Waals surface area contributed by atoms with Crippen molar-refractivity contribution in [2.24, 2.45) is 11.8 Å². The van der Waals surface area contributed by atoms with E-state index in [1.165, 1.54) is 0 Å². The monoisotopic (exact) mass is 458 g/mol. The summed E-state index contributed by atoms with van der Waals surface area (Å²) in [7, 11) is 0. The van der Waals surface area contributed by atoms with E-state index in [0.717, 1.165) is 0 Å². The Labute approximate surface area is 189 Å². The molecule has 0 aliphatic heterocycles. The van der Waals surface area contributed by atoms with Gasteiger partial charge in [0.05, 0.1) is 29.9 Å². The van der Waals surface area contributed by atoms with Gasteiger partial charge in [0.25, 0.3) is 0 Å². The van der Waals surface area contributed by atoms with Gasteiger partial charge in [0.1, 0.15) is 17.7 Å². The zero-order valence-electron chi connectivity index (χ0n) is 17.8. The number of aliphatic hydroxyl groups is 4. The third-order valence-electron chi connectivity index (χ3n) is 6.73. The van der Waals surface area contributed by atoms with Crippen LogP contribution in [0.15, 0.2) is 42.6 Å². The maximum Gasteiger partial charge on any atom is 0.243 e. The van der Waals surface area contributed by atoms with E-state index in [4.69, 9.17) is 4.74 Å². The van der Waals surface area contributed by atoms with E-state index in [1.54, 1.807) is 41.0 Å². The summed E-state index contributed by atoms with van der Waals surface area (Å²) >= 11 is 0. The Hall–Kier alpha value is -2.79. The van der Waals surface area contributed by atoms with Crippen molar-refractivity contribution in [1.29, 1.82) is 0 Å². The third-order valence-corrected chi connectivity index (χ3v) is 6.73. The van der Waals surface area contributed by atoms with E-state index in [0.29, 0.717) is 47.7 Å². The number of anilines is 1. The molecule has 2 saturated carbocycles. The number of ether oxygens (including phenoxy) is 1. The molecule has 5 rings (SSSR count). The highest BCUT2D eigenvalue weighted by molar-refractivity contribution is 5.66. The molecule has 2 heterocycles. The summed E-state index contributed by atoms with van der Waals surface area (Å²) in [4.78, 5) is 4.34. The quantitative estimate of drug-likeness (QED) is 0.359. The molecule has 0 spiro atoms. The molecule has 33 heavy (non-hydrogen) atoms. The first-order valence-corrected chi connectivity index (χ1v) is 11.1. The number of benzene rings is 1. The zero-order valence-corrected chi connectivity index (χ0v) is 17.8. The summed E-state index contributed by atoms with van der Waals surface area (Å²) in [5.74, 6) is 0.0274. The van der Waals surface area contributed by atoms with Gasteiger partial charge in [-0.3, -0.25) is 0 Å². The SMILES string of the molecule is OC[C@H]1C[C@@H](Nc2ccnc3cc(-c4cccc(OC(F)C5CCC5O)c4)nn23)[C@H](O)[C@@H]1O. The van der Waals surface area contributed by atoms with Crippen molar-refractivity contribution >= 4 is 11.5 Å². The van der Waals surface area contributed by atoms with Crippen LogP contribution < -0.4 is 10.1 Å². The molecule has 2 fully saturated rings. The Balaban J connectivity index is 1.37. The van der Waals surface area contributed by atoms with Crippen LogP contribution >= 0.6 is 0 Å². The zero-order chi connectivity index (χ0) is 23.1.